The zero-order valence-corrected chi connectivity index (χ0v) is 9.32. The Labute approximate surface area is 95.7 Å². The van der Waals surface area contributed by atoms with Crippen LogP contribution in [-0.4, -0.2) is 11.5 Å². The molecule has 0 aliphatic heterocycles. The number of rotatable bonds is 4. The molecule has 1 aliphatic rings. The number of hydrogen-bond acceptors (Lipinski definition) is 2. The van der Waals surface area contributed by atoms with Gasteiger partial charge in [0.1, 0.15) is 0 Å². The molecule has 82 valence electrons. The van der Waals surface area contributed by atoms with Gasteiger partial charge < -0.3 is 5.32 Å². The van der Waals surface area contributed by atoms with Crippen molar-refractivity contribution in [1.82, 2.24) is 10.3 Å². The number of nitrogens with zero attached hydrogens (tertiary/aromatic N) is 1. The summed E-state index contributed by atoms with van der Waals surface area (Å²) in [6.07, 6.45) is 4.71. The maximum Gasteiger partial charge on any atom is 0.0705 e. The molecule has 2 aromatic rings. The first-order valence-electron chi connectivity index (χ1n) is 5.97. The molecule has 3 rings (SSSR count). The maximum atomic E-state index is 4.37. The summed E-state index contributed by atoms with van der Waals surface area (Å²) in [5, 5.41) is 4.80. The number of pyridine rings is 1. The van der Waals surface area contributed by atoms with E-state index in [0.717, 1.165) is 24.5 Å². The molecule has 2 heteroatoms. The Kier molecular flexibility index (Phi) is 2.58. The van der Waals surface area contributed by atoms with Crippen LogP contribution >= 0.6 is 0 Å². The van der Waals surface area contributed by atoms with Crippen molar-refractivity contribution in [2.45, 2.75) is 19.4 Å². The first-order valence-corrected chi connectivity index (χ1v) is 5.97. The van der Waals surface area contributed by atoms with Gasteiger partial charge in [0.05, 0.1) is 5.52 Å². The topological polar surface area (TPSA) is 24.9 Å². The highest BCUT2D eigenvalue weighted by atomic mass is 14.9. The van der Waals surface area contributed by atoms with Gasteiger partial charge >= 0.3 is 0 Å². The number of para-hydroxylation sites is 1. The van der Waals surface area contributed by atoms with Crippen LogP contribution in [0.3, 0.4) is 0 Å². The van der Waals surface area contributed by atoms with Crippen LogP contribution in [0.1, 0.15) is 18.4 Å². The minimum atomic E-state index is 0.938. The lowest BCUT2D eigenvalue weighted by Gasteiger charge is -2.07. The highest BCUT2D eigenvalue weighted by molar-refractivity contribution is 5.81. The summed E-state index contributed by atoms with van der Waals surface area (Å²) in [7, 11) is 0. The van der Waals surface area contributed by atoms with Gasteiger partial charge in [-0.1, -0.05) is 18.2 Å². The normalized spacial score (nSPS) is 15.5. The van der Waals surface area contributed by atoms with Crippen LogP contribution in [0, 0.1) is 5.92 Å². The van der Waals surface area contributed by atoms with Crippen molar-refractivity contribution in [3.63, 3.8) is 0 Å². The third-order valence-corrected chi connectivity index (χ3v) is 3.18. The molecule has 0 amide bonds. The van der Waals surface area contributed by atoms with Crippen molar-refractivity contribution in [3.8, 4) is 0 Å². The molecular formula is C14H16N2. The van der Waals surface area contributed by atoms with E-state index in [9.17, 15) is 0 Å². The number of nitrogens with one attached hydrogen (secondary N) is 1. The van der Waals surface area contributed by atoms with Crippen LogP contribution in [0.2, 0.25) is 0 Å². The van der Waals surface area contributed by atoms with Crippen LogP contribution in [-0.2, 0) is 6.54 Å². The first kappa shape index (κ1) is 9.79. The van der Waals surface area contributed by atoms with E-state index in [1.807, 2.05) is 12.3 Å². The fourth-order valence-electron chi connectivity index (χ4n) is 2.04. The zero-order valence-electron chi connectivity index (χ0n) is 9.32. The molecule has 0 unspecified atom stereocenters. The van der Waals surface area contributed by atoms with Gasteiger partial charge in [0, 0.05) is 18.1 Å². The smallest absolute Gasteiger partial charge is 0.0705 e. The molecule has 2 nitrogen and oxygen atoms in total. The van der Waals surface area contributed by atoms with Crippen LogP contribution in [0.4, 0.5) is 0 Å². The van der Waals surface area contributed by atoms with E-state index in [0.29, 0.717) is 0 Å². The summed E-state index contributed by atoms with van der Waals surface area (Å²) in [6.45, 7) is 2.12. The minimum absolute atomic E-state index is 0.938. The van der Waals surface area contributed by atoms with Crippen molar-refractivity contribution in [1.29, 1.82) is 0 Å². The van der Waals surface area contributed by atoms with E-state index in [-0.39, 0.29) is 0 Å². The van der Waals surface area contributed by atoms with Gasteiger partial charge in [0.15, 0.2) is 0 Å². The van der Waals surface area contributed by atoms with Crippen molar-refractivity contribution in [2.75, 3.05) is 6.54 Å². The summed E-state index contributed by atoms with van der Waals surface area (Å²) in [6, 6.07) is 10.4. The lowest BCUT2D eigenvalue weighted by molar-refractivity contribution is 0.640. The Balaban J connectivity index is 1.79. The standard InChI is InChI=1S/C14H16N2/c1-2-4-14-13(3-1)12(7-8-16-14)10-15-9-11-5-6-11/h1-4,7-8,11,15H,5-6,9-10H2. The van der Waals surface area contributed by atoms with Crippen LogP contribution in [0.25, 0.3) is 10.9 Å². The second kappa shape index (κ2) is 4.22. The zero-order chi connectivity index (χ0) is 10.8. The molecule has 0 atom stereocenters. The van der Waals surface area contributed by atoms with E-state index in [1.54, 1.807) is 0 Å². The molecular weight excluding hydrogens is 196 g/mol. The van der Waals surface area contributed by atoms with Crippen molar-refractivity contribution < 1.29 is 0 Å². The number of benzene rings is 1. The fraction of sp³-hybridized carbons (Fsp3) is 0.357. The summed E-state index contributed by atoms with van der Waals surface area (Å²) >= 11 is 0. The summed E-state index contributed by atoms with van der Waals surface area (Å²) in [4.78, 5) is 4.37. The molecule has 16 heavy (non-hydrogen) atoms. The van der Waals surface area contributed by atoms with Gasteiger partial charge in [-0.3, -0.25) is 4.98 Å². The highest BCUT2D eigenvalue weighted by Gasteiger charge is 2.20. The Morgan fingerprint density at radius 1 is 1.19 bits per heavy atom. The molecule has 0 radical (unpaired) electrons. The van der Waals surface area contributed by atoms with E-state index in [2.05, 4.69) is 34.6 Å². The summed E-state index contributed by atoms with van der Waals surface area (Å²) in [5.41, 5.74) is 2.44. The molecule has 1 N–H and O–H groups in total. The number of hydrogen-bond donors (Lipinski definition) is 1. The third kappa shape index (κ3) is 2.07. The quantitative estimate of drug-likeness (QED) is 0.843. The van der Waals surface area contributed by atoms with Gasteiger partial charge in [0.25, 0.3) is 0 Å². The molecule has 1 saturated carbocycles. The molecule has 0 bridgehead atoms. The van der Waals surface area contributed by atoms with Crippen molar-refractivity contribution in [2.24, 2.45) is 5.92 Å². The van der Waals surface area contributed by atoms with E-state index >= 15 is 0 Å². The van der Waals surface area contributed by atoms with Gasteiger partial charge in [-0.15, -0.1) is 0 Å². The SMILES string of the molecule is c1ccc2c(CNCC3CC3)ccnc2c1. The van der Waals surface area contributed by atoms with Crippen LogP contribution in [0.15, 0.2) is 36.5 Å². The largest absolute Gasteiger partial charge is 0.312 e. The lowest BCUT2D eigenvalue weighted by atomic mass is 10.1. The number of fused-ring (bicyclic) bond motifs is 1. The minimum Gasteiger partial charge on any atom is -0.312 e. The predicted molar refractivity (Wildman–Crippen MR) is 66.2 cm³/mol. The van der Waals surface area contributed by atoms with E-state index in [4.69, 9.17) is 0 Å². The molecule has 1 aromatic heterocycles. The van der Waals surface area contributed by atoms with Crippen LogP contribution < -0.4 is 5.32 Å². The molecule has 1 heterocycles. The van der Waals surface area contributed by atoms with Gasteiger partial charge in [-0.2, -0.15) is 0 Å². The average Bonchev–Trinajstić information content (AvgIpc) is 3.13. The van der Waals surface area contributed by atoms with E-state index < -0.39 is 0 Å². The fourth-order valence-corrected chi connectivity index (χ4v) is 2.04. The third-order valence-electron chi connectivity index (χ3n) is 3.18. The van der Waals surface area contributed by atoms with Gasteiger partial charge in [-0.05, 0) is 43.0 Å². The Morgan fingerprint density at radius 3 is 2.94 bits per heavy atom. The first-order chi connectivity index (χ1) is 7.93. The average molecular weight is 212 g/mol. The Hall–Kier alpha value is -1.41. The summed E-state index contributed by atoms with van der Waals surface area (Å²) < 4.78 is 0. The van der Waals surface area contributed by atoms with Crippen molar-refractivity contribution >= 4 is 10.9 Å². The van der Waals surface area contributed by atoms with Gasteiger partial charge in [0.2, 0.25) is 0 Å². The van der Waals surface area contributed by atoms with E-state index in [1.165, 1.54) is 23.8 Å². The molecule has 1 fully saturated rings. The molecule has 1 aromatic carbocycles. The Morgan fingerprint density at radius 2 is 2.06 bits per heavy atom. The van der Waals surface area contributed by atoms with Crippen molar-refractivity contribution in [3.05, 3.63) is 42.1 Å². The molecule has 0 saturated heterocycles. The predicted octanol–water partition coefficient (Wildman–Crippen LogP) is 2.73. The second-order valence-electron chi connectivity index (χ2n) is 4.56. The highest BCUT2D eigenvalue weighted by Crippen LogP contribution is 2.27. The summed E-state index contributed by atoms with van der Waals surface area (Å²) in [5.74, 6) is 0.938. The van der Waals surface area contributed by atoms with Crippen LogP contribution in [0.5, 0.6) is 0 Å². The lowest BCUT2D eigenvalue weighted by Crippen LogP contribution is -2.16. The molecule has 1 aliphatic carbocycles. The monoisotopic (exact) mass is 212 g/mol. The number of aromatic nitrogens is 1. The molecule has 0 spiro atoms. The Bertz CT molecular complexity index is 484. The van der Waals surface area contributed by atoms with Gasteiger partial charge in [-0.25, -0.2) is 0 Å². The second-order valence-corrected chi connectivity index (χ2v) is 4.56. The maximum absolute atomic E-state index is 4.37.